The molecule has 0 spiro atoms. The van der Waals surface area contributed by atoms with Crippen molar-refractivity contribution in [3.8, 4) is 11.5 Å². The van der Waals surface area contributed by atoms with Gasteiger partial charge in [-0.2, -0.15) is 5.10 Å². The lowest BCUT2D eigenvalue weighted by Gasteiger charge is -1.94. The Morgan fingerprint density at radius 2 is 2.18 bits per heavy atom. The van der Waals surface area contributed by atoms with E-state index in [4.69, 9.17) is 16.0 Å². The molecule has 86 valence electrons. The molecule has 0 saturated heterocycles. The maximum absolute atomic E-state index is 5.82. The van der Waals surface area contributed by atoms with Gasteiger partial charge in [0, 0.05) is 12.4 Å². The Kier molecular flexibility index (Phi) is 2.37. The lowest BCUT2D eigenvalue weighted by molar-refractivity contribution is 0.568. The number of aromatic nitrogens is 3. The van der Waals surface area contributed by atoms with Gasteiger partial charge in [0.05, 0.1) is 11.4 Å². The second-order valence-corrected chi connectivity index (χ2v) is 4.02. The second kappa shape index (κ2) is 3.89. The molecule has 0 radical (unpaired) electrons. The summed E-state index contributed by atoms with van der Waals surface area (Å²) in [5, 5.41) is 5.51. The first-order valence-corrected chi connectivity index (χ1v) is 5.75. The fraction of sp³-hybridized carbons (Fsp3) is 0.167. The molecule has 0 atom stereocenters. The number of halogens is 1. The Balaban J connectivity index is 2.31. The molecular weight excluding hydrogens is 238 g/mol. The minimum Gasteiger partial charge on any atom is -0.441 e. The number of benzene rings is 1. The Morgan fingerprint density at radius 3 is 3.00 bits per heavy atom. The molecule has 1 aromatic carbocycles. The minimum absolute atomic E-state index is 0.316. The Bertz CT molecular complexity index is 671. The number of aryl methyl sites for hydroxylation is 1. The van der Waals surface area contributed by atoms with Crippen LogP contribution in [0.4, 0.5) is 0 Å². The average Bonchev–Trinajstić information content (AvgIpc) is 2.94. The van der Waals surface area contributed by atoms with Gasteiger partial charge >= 0.3 is 0 Å². The van der Waals surface area contributed by atoms with E-state index >= 15 is 0 Å². The van der Waals surface area contributed by atoms with E-state index in [-0.39, 0.29) is 0 Å². The molecule has 0 saturated carbocycles. The monoisotopic (exact) mass is 247 g/mol. The summed E-state index contributed by atoms with van der Waals surface area (Å²) < 4.78 is 7.22. The molecule has 0 bridgehead atoms. The van der Waals surface area contributed by atoms with Gasteiger partial charge in [0.25, 0.3) is 0 Å². The van der Waals surface area contributed by atoms with Crippen molar-refractivity contribution in [2.75, 3.05) is 0 Å². The van der Waals surface area contributed by atoms with Crippen LogP contribution in [0.3, 0.4) is 0 Å². The first-order valence-electron chi connectivity index (χ1n) is 5.21. The summed E-state index contributed by atoms with van der Waals surface area (Å²) >= 11 is 5.82. The summed E-state index contributed by atoms with van der Waals surface area (Å²) in [5.41, 5.74) is 2.56. The van der Waals surface area contributed by atoms with E-state index in [2.05, 4.69) is 10.1 Å². The number of fused-ring (bicyclic) bond motifs is 1. The van der Waals surface area contributed by atoms with Crippen LogP contribution in [0.15, 0.2) is 35.1 Å². The van der Waals surface area contributed by atoms with Crippen molar-refractivity contribution >= 4 is 22.5 Å². The second-order valence-electron chi connectivity index (χ2n) is 3.75. The van der Waals surface area contributed by atoms with Crippen LogP contribution < -0.4 is 0 Å². The van der Waals surface area contributed by atoms with E-state index < -0.39 is 0 Å². The van der Waals surface area contributed by atoms with Crippen LogP contribution >= 0.6 is 11.6 Å². The lowest BCUT2D eigenvalue weighted by atomic mass is 10.1. The summed E-state index contributed by atoms with van der Waals surface area (Å²) in [5.74, 6) is 0.966. The Labute approximate surface area is 103 Å². The largest absolute Gasteiger partial charge is 0.441 e. The standard InChI is InChI=1S/C12H10ClN3O/c1-16-10-5-3-2-4-8(10)11(15-16)12-9(6-13)14-7-17-12/h2-5,7H,6H2,1H3. The summed E-state index contributed by atoms with van der Waals surface area (Å²) in [6, 6.07) is 7.99. The van der Waals surface area contributed by atoms with Crippen LogP contribution in [0, 0.1) is 0 Å². The van der Waals surface area contributed by atoms with Crippen LogP contribution in [-0.4, -0.2) is 14.8 Å². The first kappa shape index (κ1) is 10.4. The summed E-state index contributed by atoms with van der Waals surface area (Å²) in [6.45, 7) is 0. The van der Waals surface area contributed by atoms with Crippen molar-refractivity contribution in [3.63, 3.8) is 0 Å². The quantitative estimate of drug-likeness (QED) is 0.654. The van der Waals surface area contributed by atoms with E-state index in [0.717, 1.165) is 22.3 Å². The van der Waals surface area contributed by atoms with Gasteiger partial charge in [-0.1, -0.05) is 18.2 Å². The number of alkyl halides is 1. The van der Waals surface area contributed by atoms with Crippen molar-refractivity contribution in [1.29, 1.82) is 0 Å². The molecule has 0 aliphatic rings. The van der Waals surface area contributed by atoms with E-state index in [9.17, 15) is 0 Å². The van der Waals surface area contributed by atoms with E-state index in [1.807, 2.05) is 36.0 Å². The molecule has 17 heavy (non-hydrogen) atoms. The predicted molar refractivity (Wildman–Crippen MR) is 65.8 cm³/mol. The fourth-order valence-corrected chi connectivity index (χ4v) is 2.13. The third kappa shape index (κ3) is 1.52. The van der Waals surface area contributed by atoms with Gasteiger partial charge in [0.2, 0.25) is 0 Å². The molecule has 0 aliphatic carbocycles. The molecule has 5 heteroatoms. The molecule has 0 aliphatic heterocycles. The van der Waals surface area contributed by atoms with Gasteiger partial charge in [-0.05, 0) is 6.07 Å². The van der Waals surface area contributed by atoms with Crippen molar-refractivity contribution in [2.45, 2.75) is 5.88 Å². The van der Waals surface area contributed by atoms with Crippen LogP contribution in [0.25, 0.3) is 22.4 Å². The smallest absolute Gasteiger partial charge is 0.181 e. The highest BCUT2D eigenvalue weighted by Crippen LogP contribution is 2.30. The number of hydrogen-bond donors (Lipinski definition) is 0. The van der Waals surface area contributed by atoms with Gasteiger partial charge in [-0.25, -0.2) is 4.98 Å². The van der Waals surface area contributed by atoms with Crippen LogP contribution in [0.1, 0.15) is 5.69 Å². The highest BCUT2D eigenvalue weighted by Gasteiger charge is 2.17. The SMILES string of the molecule is Cn1nc(-c2ocnc2CCl)c2ccccc21. The molecule has 0 amide bonds. The normalized spacial score (nSPS) is 11.2. The van der Waals surface area contributed by atoms with Crippen LogP contribution in [0.2, 0.25) is 0 Å². The third-order valence-corrected chi connectivity index (χ3v) is 2.99. The van der Waals surface area contributed by atoms with Gasteiger partial charge < -0.3 is 4.42 Å². The molecular formula is C12H10ClN3O. The summed E-state index contributed by atoms with van der Waals surface area (Å²) in [4.78, 5) is 4.08. The molecule has 2 heterocycles. The highest BCUT2D eigenvalue weighted by atomic mass is 35.5. The first-order chi connectivity index (χ1) is 8.31. The summed E-state index contributed by atoms with van der Waals surface area (Å²) in [6.07, 6.45) is 1.40. The lowest BCUT2D eigenvalue weighted by Crippen LogP contribution is -1.90. The predicted octanol–water partition coefficient (Wildman–Crippen LogP) is 2.97. The zero-order valence-electron chi connectivity index (χ0n) is 9.22. The Hall–Kier alpha value is -1.81. The number of para-hydroxylation sites is 1. The maximum atomic E-state index is 5.82. The van der Waals surface area contributed by atoms with Crippen molar-refractivity contribution < 1.29 is 4.42 Å². The van der Waals surface area contributed by atoms with E-state index in [0.29, 0.717) is 11.6 Å². The minimum atomic E-state index is 0.316. The van der Waals surface area contributed by atoms with Crippen molar-refractivity contribution in [3.05, 3.63) is 36.4 Å². The van der Waals surface area contributed by atoms with E-state index in [1.54, 1.807) is 0 Å². The number of oxazole rings is 1. The average molecular weight is 248 g/mol. The number of nitrogens with zero attached hydrogens (tertiary/aromatic N) is 3. The summed E-state index contributed by atoms with van der Waals surface area (Å²) in [7, 11) is 1.91. The highest BCUT2D eigenvalue weighted by molar-refractivity contribution is 6.17. The topological polar surface area (TPSA) is 43.9 Å². The molecule has 3 rings (SSSR count). The van der Waals surface area contributed by atoms with Gasteiger partial charge in [-0.3, -0.25) is 4.68 Å². The van der Waals surface area contributed by atoms with Gasteiger partial charge in [0.15, 0.2) is 12.2 Å². The zero-order chi connectivity index (χ0) is 11.8. The van der Waals surface area contributed by atoms with Crippen molar-refractivity contribution in [2.24, 2.45) is 7.05 Å². The van der Waals surface area contributed by atoms with Gasteiger partial charge in [-0.15, -0.1) is 11.6 Å². The Morgan fingerprint density at radius 1 is 1.35 bits per heavy atom. The fourth-order valence-electron chi connectivity index (χ4n) is 1.94. The molecule has 2 aromatic heterocycles. The number of hydrogen-bond acceptors (Lipinski definition) is 3. The van der Waals surface area contributed by atoms with E-state index in [1.165, 1.54) is 6.39 Å². The number of rotatable bonds is 2. The molecule has 0 fully saturated rings. The molecule has 0 N–H and O–H groups in total. The van der Waals surface area contributed by atoms with Gasteiger partial charge in [0.1, 0.15) is 11.4 Å². The molecule has 3 aromatic rings. The zero-order valence-corrected chi connectivity index (χ0v) is 9.98. The van der Waals surface area contributed by atoms with Crippen LogP contribution in [-0.2, 0) is 12.9 Å². The van der Waals surface area contributed by atoms with Crippen LogP contribution in [0.5, 0.6) is 0 Å². The maximum Gasteiger partial charge on any atom is 0.181 e. The third-order valence-electron chi connectivity index (χ3n) is 2.74. The van der Waals surface area contributed by atoms with Crippen molar-refractivity contribution in [1.82, 2.24) is 14.8 Å². The molecule has 4 nitrogen and oxygen atoms in total. The molecule has 0 unspecified atom stereocenters.